The highest BCUT2D eigenvalue weighted by Gasteiger charge is 2.41. The van der Waals surface area contributed by atoms with Crippen LogP contribution in [0.4, 0.5) is 13.2 Å². The van der Waals surface area contributed by atoms with Crippen molar-refractivity contribution < 1.29 is 53.1 Å². The van der Waals surface area contributed by atoms with Gasteiger partial charge in [0.05, 0.1) is 24.1 Å². The average molecular weight is 638 g/mol. The highest BCUT2D eigenvalue weighted by atomic mass is 32.3. The largest absolute Gasteiger partial charge is 0.491 e. The summed E-state index contributed by atoms with van der Waals surface area (Å²) in [5.74, 6) is 0.827. The molecule has 0 radical (unpaired) electrons. The van der Waals surface area contributed by atoms with Gasteiger partial charge in [0.15, 0.2) is 24.7 Å². The number of hydrogen-bond donors (Lipinski definition) is 0. The van der Waals surface area contributed by atoms with Gasteiger partial charge in [0.2, 0.25) is 10.3 Å². The molecule has 0 aliphatic rings. The number of halogens is 3. The van der Waals surface area contributed by atoms with E-state index in [0.29, 0.717) is 42.8 Å². The molecule has 16 heteroatoms. The second-order valence-electron chi connectivity index (χ2n) is 7.91. The molecule has 0 spiro atoms. The number of benzene rings is 3. The first kappa shape index (κ1) is 32.5. The summed E-state index contributed by atoms with van der Waals surface area (Å²) in [6.07, 6.45) is 0. The molecule has 10 nitrogen and oxygen atoms in total. The molecule has 0 heterocycles. The van der Waals surface area contributed by atoms with Gasteiger partial charge in [-0.1, -0.05) is 0 Å². The Morgan fingerprint density at radius 3 is 1.34 bits per heavy atom. The number of rotatable bonds is 15. The lowest BCUT2D eigenvalue weighted by atomic mass is 10.3. The maximum Gasteiger partial charge on any atom is 0.480 e. The van der Waals surface area contributed by atoms with Crippen molar-refractivity contribution in [2.24, 2.45) is 0 Å². The van der Waals surface area contributed by atoms with Gasteiger partial charge in [-0.3, -0.25) is 0 Å². The van der Waals surface area contributed by atoms with Crippen LogP contribution < -0.4 is 13.7 Å². The quantitative estimate of drug-likeness (QED) is 0.172. The molecule has 41 heavy (non-hydrogen) atoms. The molecule has 0 aromatic heterocycles. The van der Waals surface area contributed by atoms with Gasteiger partial charge in [0, 0.05) is 14.2 Å². The highest BCUT2D eigenvalue weighted by molar-refractivity contribution is 8.10. The fourth-order valence-electron chi connectivity index (χ4n) is 3.17. The molecule has 0 amide bonds. The summed E-state index contributed by atoms with van der Waals surface area (Å²) < 4.78 is 111. The summed E-state index contributed by atoms with van der Waals surface area (Å²) in [6, 6.07) is 20.0. The average Bonchev–Trinajstić information content (AvgIpc) is 2.90. The minimum absolute atomic E-state index is 0.368. The van der Waals surface area contributed by atoms with Gasteiger partial charge in [-0.05, 0) is 72.8 Å². The van der Waals surface area contributed by atoms with Gasteiger partial charge in [-0.25, -0.2) is 16.8 Å². The van der Waals surface area contributed by atoms with Gasteiger partial charge in [0.25, 0.3) is 0 Å². The predicted molar refractivity (Wildman–Crippen MR) is 144 cm³/mol. The first-order valence-corrected chi connectivity index (χ1v) is 15.7. The van der Waals surface area contributed by atoms with E-state index in [9.17, 15) is 30.0 Å². The summed E-state index contributed by atoms with van der Waals surface area (Å²) in [5, 5.41) is 0. The van der Waals surface area contributed by atoms with Crippen LogP contribution in [0.15, 0.2) is 87.5 Å². The van der Waals surface area contributed by atoms with Gasteiger partial charge in [-0.2, -0.15) is 13.2 Å². The van der Waals surface area contributed by atoms with E-state index < -0.39 is 42.5 Å². The van der Waals surface area contributed by atoms with Gasteiger partial charge >= 0.3 is 5.51 Å². The summed E-state index contributed by atoms with van der Waals surface area (Å²) >= 11 is 0. The van der Waals surface area contributed by atoms with Crippen LogP contribution in [0.5, 0.6) is 17.2 Å². The second-order valence-corrected chi connectivity index (χ2v) is 13.0. The van der Waals surface area contributed by atoms with Crippen LogP contribution in [-0.2, 0) is 40.7 Å². The van der Waals surface area contributed by atoms with Crippen LogP contribution >= 0.6 is 0 Å². The maximum absolute atomic E-state index is 12.5. The first-order chi connectivity index (χ1) is 19.3. The van der Waals surface area contributed by atoms with E-state index in [0.717, 1.165) is 9.79 Å². The topological polar surface area (TPSA) is 129 Å². The predicted octanol–water partition coefficient (Wildman–Crippen LogP) is 4.68. The molecule has 0 bridgehead atoms. The van der Waals surface area contributed by atoms with E-state index in [4.69, 9.17) is 18.9 Å². The second kappa shape index (κ2) is 14.2. The molecule has 224 valence electrons. The number of methoxy groups -OCH3 is 2. The Kier molecular flexibility index (Phi) is 11.3. The molecule has 0 saturated heterocycles. The third-order valence-electron chi connectivity index (χ3n) is 4.97. The first-order valence-electron chi connectivity index (χ1n) is 11.6. The van der Waals surface area contributed by atoms with Crippen molar-refractivity contribution in [1.29, 1.82) is 0 Å². The van der Waals surface area contributed by atoms with E-state index in [1.54, 1.807) is 38.5 Å². The fraction of sp³-hybridized carbons (Fsp3) is 0.280. The van der Waals surface area contributed by atoms with Gasteiger partial charge < -0.3 is 27.3 Å². The van der Waals surface area contributed by atoms with E-state index in [1.165, 1.54) is 24.3 Å². The Morgan fingerprint density at radius 1 is 0.634 bits per heavy atom. The lowest BCUT2D eigenvalue weighted by Crippen LogP contribution is -2.25. The molecule has 0 atom stereocenters. The summed E-state index contributed by atoms with van der Waals surface area (Å²) in [5.41, 5.74) is -5.89. The van der Waals surface area contributed by atoms with Crippen LogP contribution in [0.1, 0.15) is 0 Å². The zero-order chi connectivity index (χ0) is 30.1. The normalized spacial score (nSPS) is 12.3. The van der Waals surface area contributed by atoms with Crippen molar-refractivity contribution in [3.63, 3.8) is 0 Å². The molecule has 3 aromatic rings. The molecule has 0 saturated carbocycles. The van der Waals surface area contributed by atoms with E-state index in [2.05, 4.69) is 4.18 Å². The standard InChI is InChI=1S/C25H26F3NO9S3/c1-34-15-17-36-19-3-9-22(10-4-19)39(23-11-5-20(6-12-23)37-18-16-35-2)24-13-7-21(8-14-24)38-41(32,33)29-40(30,31)25(26,27)28/h3-14H,15-18H2,1-2H3. The molecule has 0 aliphatic carbocycles. The lowest BCUT2D eigenvalue weighted by molar-refractivity contribution is -0.0425. The Morgan fingerprint density at radius 2 is 1.00 bits per heavy atom. The third kappa shape index (κ3) is 9.51. The molecule has 0 N–H and O–H groups in total. The summed E-state index contributed by atoms with van der Waals surface area (Å²) in [4.78, 5) is 2.42. The number of ether oxygens (including phenoxy) is 4. The minimum Gasteiger partial charge on any atom is -0.491 e. The number of sulfonamides is 1. The number of alkyl halides is 3. The van der Waals surface area contributed by atoms with Crippen LogP contribution in [0.3, 0.4) is 0 Å². The molecule has 3 rings (SSSR count). The van der Waals surface area contributed by atoms with Crippen molar-refractivity contribution in [2.75, 3.05) is 40.6 Å². The van der Waals surface area contributed by atoms with E-state index in [1.807, 2.05) is 28.4 Å². The third-order valence-corrected chi connectivity index (χ3v) is 9.71. The Balaban J connectivity index is 1.88. The molecular formula is C25H26F3NO9S3. The fourth-order valence-corrected chi connectivity index (χ4v) is 6.99. The Bertz CT molecular complexity index is 1410. The summed E-state index contributed by atoms with van der Waals surface area (Å²) in [6.45, 7) is 1.58. The monoisotopic (exact) mass is 637 g/mol. The van der Waals surface area contributed by atoms with Crippen LogP contribution in [0.25, 0.3) is 4.13 Å². The maximum atomic E-state index is 12.5. The van der Waals surface area contributed by atoms with Gasteiger partial charge in [0.1, 0.15) is 30.5 Å². The highest BCUT2D eigenvalue weighted by Crippen LogP contribution is 2.35. The van der Waals surface area contributed by atoms with Crippen LogP contribution in [0, 0.1) is 0 Å². The van der Waals surface area contributed by atoms with E-state index >= 15 is 0 Å². The van der Waals surface area contributed by atoms with Crippen molar-refractivity contribution >= 4 is 31.2 Å². The van der Waals surface area contributed by atoms with Crippen molar-refractivity contribution in [1.82, 2.24) is 0 Å². The Labute approximate surface area is 239 Å². The van der Waals surface area contributed by atoms with Crippen LogP contribution in [0.2, 0.25) is 0 Å². The van der Waals surface area contributed by atoms with Crippen molar-refractivity contribution in [3.8, 4) is 17.2 Å². The van der Waals surface area contributed by atoms with Crippen molar-refractivity contribution in [2.45, 2.75) is 20.2 Å². The molecule has 0 unspecified atom stereocenters. The summed E-state index contributed by atoms with van der Waals surface area (Å²) in [7, 11) is -9.39. The van der Waals surface area contributed by atoms with Gasteiger partial charge in [-0.15, -0.1) is 0 Å². The molecule has 0 fully saturated rings. The Hall–Kier alpha value is -3.02. The van der Waals surface area contributed by atoms with E-state index in [-0.39, 0.29) is 0 Å². The molecular weight excluding hydrogens is 611 g/mol. The lowest BCUT2D eigenvalue weighted by Gasteiger charge is -2.21. The number of hydrogen-bond acceptors (Lipinski definition) is 9. The minimum atomic E-state index is -6.31. The number of nitrogens with zero attached hydrogens (tertiary/aromatic N) is 1. The zero-order valence-corrected chi connectivity index (χ0v) is 24.2. The SMILES string of the molecule is COCCOc1ccc([S+](c2ccc(OCCOC)cc2)c2ccc(OS(=O)(=O)[N-]S(=O)(=O)C(F)(F)F)cc2)cc1. The smallest absolute Gasteiger partial charge is 0.480 e. The van der Waals surface area contributed by atoms with Crippen molar-refractivity contribution in [3.05, 3.63) is 76.9 Å². The zero-order valence-electron chi connectivity index (χ0n) is 21.7. The molecule has 0 aliphatic heterocycles. The van der Waals surface area contributed by atoms with Crippen LogP contribution in [-0.4, -0.2) is 63.0 Å². The molecule has 3 aromatic carbocycles.